The summed E-state index contributed by atoms with van der Waals surface area (Å²) in [5, 5.41) is 4.22. The number of hydrogen-bond acceptors (Lipinski definition) is 3. The van der Waals surface area contributed by atoms with E-state index in [4.69, 9.17) is 10.5 Å². The van der Waals surface area contributed by atoms with E-state index in [2.05, 4.69) is 5.10 Å². The molecule has 0 bridgehead atoms. The Morgan fingerprint density at radius 2 is 2.17 bits per heavy atom. The molecular weight excluding hydrogens is 233 g/mol. The van der Waals surface area contributed by atoms with Gasteiger partial charge < -0.3 is 10.5 Å². The van der Waals surface area contributed by atoms with Gasteiger partial charge in [-0.2, -0.15) is 5.10 Å². The molecule has 0 saturated carbocycles. The molecule has 0 spiro atoms. The summed E-state index contributed by atoms with van der Waals surface area (Å²) in [5.74, 6) is 0.114. The molecule has 0 amide bonds. The van der Waals surface area contributed by atoms with Gasteiger partial charge in [0.05, 0.1) is 5.69 Å². The van der Waals surface area contributed by atoms with Crippen LogP contribution in [-0.2, 0) is 13.5 Å². The zero-order valence-electron chi connectivity index (χ0n) is 10.7. The third kappa shape index (κ3) is 2.16. The molecule has 1 heterocycles. The molecule has 0 fully saturated rings. The molecule has 0 unspecified atom stereocenters. The highest BCUT2D eigenvalue weighted by atomic mass is 19.1. The van der Waals surface area contributed by atoms with Crippen LogP contribution in [0.15, 0.2) is 18.2 Å². The number of ether oxygens (including phenoxy) is 1. The number of hydrogen-bond donors (Lipinski definition) is 1. The molecule has 0 radical (unpaired) electrons. The van der Waals surface area contributed by atoms with Crippen molar-refractivity contribution in [3.05, 3.63) is 35.3 Å². The molecule has 0 aliphatic carbocycles. The summed E-state index contributed by atoms with van der Waals surface area (Å²) in [7, 11) is 1.72. The quantitative estimate of drug-likeness (QED) is 0.910. The van der Waals surface area contributed by atoms with Crippen molar-refractivity contribution in [2.75, 3.05) is 5.73 Å². The van der Waals surface area contributed by atoms with E-state index in [1.54, 1.807) is 19.2 Å². The molecule has 1 aromatic heterocycles. The van der Waals surface area contributed by atoms with Crippen molar-refractivity contribution in [2.24, 2.45) is 7.05 Å². The molecule has 2 N–H and O–H groups in total. The van der Waals surface area contributed by atoms with Gasteiger partial charge in [-0.05, 0) is 31.0 Å². The van der Waals surface area contributed by atoms with Gasteiger partial charge in [0, 0.05) is 7.05 Å². The summed E-state index contributed by atoms with van der Waals surface area (Å²) in [5.41, 5.74) is 8.05. The first-order chi connectivity index (χ1) is 8.52. The Hall–Kier alpha value is -2.04. The fourth-order valence-electron chi connectivity index (χ4n) is 1.75. The minimum absolute atomic E-state index is 0.160. The molecule has 2 rings (SSSR count). The number of nitrogens with zero attached hydrogens (tertiary/aromatic N) is 2. The van der Waals surface area contributed by atoms with E-state index in [0.717, 1.165) is 11.3 Å². The van der Waals surface area contributed by atoms with Gasteiger partial charge in [-0.25, -0.2) is 9.07 Å². The number of aromatic nitrogens is 2. The van der Waals surface area contributed by atoms with Crippen LogP contribution in [0.4, 0.5) is 10.1 Å². The normalized spacial score (nSPS) is 10.7. The van der Waals surface area contributed by atoms with Crippen molar-refractivity contribution < 1.29 is 9.13 Å². The summed E-state index contributed by atoms with van der Waals surface area (Å²) in [6, 6.07) is 4.69. The van der Waals surface area contributed by atoms with Gasteiger partial charge in [0.15, 0.2) is 11.6 Å². The highest BCUT2D eigenvalue weighted by molar-refractivity contribution is 5.54. The first-order valence-electron chi connectivity index (χ1n) is 5.78. The van der Waals surface area contributed by atoms with Crippen molar-refractivity contribution in [1.29, 1.82) is 0 Å². The van der Waals surface area contributed by atoms with E-state index in [9.17, 15) is 4.39 Å². The highest BCUT2D eigenvalue weighted by Crippen LogP contribution is 2.31. The van der Waals surface area contributed by atoms with Crippen molar-refractivity contribution >= 4 is 5.69 Å². The molecule has 0 atom stereocenters. The van der Waals surface area contributed by atoms with Crippen LogP contribution < -0.4 is 10.5 Å². The van der Waals surface area contributed by atoms with Gasteiger partial charge in [0.2, 0.25) is 5.88 Å². The topological polar surface area (TPSA) is 53.1 Å². The average Bonchev–Trinajstić information content (AvgIpc) is 2.61. The van der Waals surface area contributed by atoms with Crippen LogP contribution in [0, 0.1) is 12.7 Å². The highest BCUT2D eigenvalue weighted by Gasteiger charge is 2.15. The lowest BCUT2D eigenvalue weighted by atomic mass is 10.2. The van der Waals surface area contributed by atoms with Gasteiger partial charge >= 0.3 is 0 Å². The number of anilines is 1. The second-order valence-corrected chi connectivity index (χ2v) is 4.18. The molecule has 0 saturated heterocycles. The van der Waals surface area contributed by atoms with Crippen LogP contribution >= 0.6 is 0 Å². The summed E-state index contributed by atoms with van der Waals surface area (Å²) in [4.78, 5) is 0. The zero-order valence-corrected chi connectivity index (χ0v) is 10.7. The molecule has 96 valence electrons. The molecule has 1 aromatic carbocycles. The summed E-state index contributed by atoms with van der Waals surface area (Å²) in [6.45, 7) is 3.83. The minimum atomic E-state index is -0.417. The lowest BCUT2D eigenvalue weighted by molar-refractivity contribution is 0.405. The molecule has 4 nitrogen and oxygen atoms in total. The number of halogens is 1. The number of benzene rings is 1. The van der Waals surface area contributed by atoms with Crippen molar-refractivity contribution in [3.8, 4) is 11.6 Å². The predicted octanol–water partition coefficient (Wildman–Crippen LogP) is 2.80. The molecular formula is C13H16FN3O. The Bertz CT molecular complexity index is 578. The Balaban J connectivity index is 2.39. The largest absolute Gasteiger partial charge is 0.434 e. The monoisotopic (exact) mass is 249 g/mol. The van der Waals surface area contributed by atoms with E-state index in [0.29, 0.717) is 18.0 Å². The average molecular weight is 249 g/mol. The van der Waals surface area contributed by atoms with Gasteiger partial charge in [-0.1, -0.05) is 13.0 Å². The van der Waals surface area contributed by atoms with Crippen molar-refractivity contribution in [2.45, 2.75) is 20.3 Å². The summed E-state index contributed by atoms with van der Waals surface area (Å²) in [6.07, 6.45) is 0.708. The second-order valence-electron chi connectivity index (χ2n) is 4.18. The van der Waals surface area contributed by atoms with E-state index < -0.39 is 5.82 Å². The third-order valence-corrected chi connectivity index (χ3v) is 2.73. The maximum Gasteiger partial charge on any atom is 0.241 e. The Kier molecular flexibility index (Phi) is 3.23. The van der Waals surface area contributed by atoms with Gasteiger partial charge in [0.25, 0.3) is 0 Å². The maximum atomic E-state index is 13.6. The van der Waals surface area contributed by atoms with Gasteiger partial charge in [-0.15, -0.1) is 0 Å². The summed E-state index contributed by atoms with van der Waals surface area (Å²) < 4.78 is 20.7. The first kappa shape index (κ1) is 12.4. The van der Waals surface area contributed by atoms with Crippen LogP contribution in [0.2, 0.25) is 0 Å². The Morgan fingerprint density at radius 3 is 2.78 bits per heavy atom. The smallest absolute Gasteiger partial charge is 0.241 e. The lowest BCUT2D eigenvalue weighted by Gasteiger charge is -2.08. The standard InChI is InChI=1S/C13H16FN3O/c1-4-10-12(15)13(17(3)16-10)18-11-7-8(2)5-6-9(11)14/h5-7H,4,15H2,1-3H3. The zero-order chi connectivity index (χ0) is 13.3. The summed E-state index contributed by atoms with van der Waals surface area (Å²) >= 11 is 0. The van der Waals surface area contributed by atoms with E-state index in [1.807, 2.05) is 13.8 Å². The first-order valence-corrected chi connectivity index (χ1v) is 5.78. The van der Waals surface area contributed by atoms with Crippen LogP contribution in [0.3, 0.4) is 0 Å². The van der Waals surface area contributed by atoms with Gasteiger partial charge in [0.1, 0.15) is 5.69 Å². The lowest BCUT2D eigenvalue weighted by Crippen LogP contribution is -1.98. The number of nitrogen functional groups attached to an aromatic ring is 1. The van der Waals surface area contributed by atoms with Gasteiger partial charge in [-0.3, -0.25) is 0 Å². The van der Waals surface area contributed by atoms with Crippen LogP contribution in [0.5, 0.6) is 11.6 Å². The predicted molar refractivity (Wildman–Crippen MR) is 68.2 cm³/mol. The SMILES string of the molecule is CCc1nn(C)c(Oc2cc(C)ccc2F)c1N. The number of aryl methyl sites for hydroxylation is 3. The Morgan fingerprint density at radius 1 is 1.44 bits per heavy atom. The van der Waals surface area contributed by atoms with Crippen LogP contribution in [0.25, 0.3) is 0 Å². The maximum absolute atomic E-state index is 13.6. The molecule has 2 aromatic rings. The fraction of sp³-hybridized carbons (Fsp3) is 0.308. The molecule has 18 heavy (non-hydrogen) atoms. The van der Waals surface area contributed by atoms with Crippen molar-refractivity contribution in [1.82, 2.24) is 9.78 Å². The van der Waals surface area contributed by atoms with E-state index in [1.165, 1.54) is 10.7 Å². The Labute approximate surface area is 105 Å². The van der Waals surface area contributed by atoms with Crippen molar-refractivity contribution in [3.63, 3.8) is 0 Å². The fourth-order valence-corrected chi connectivity index (χ4v) is 1.75. The number of rotatable bonds is 3. The van der Waals surface area contributed by atoms with Crippen LogP contribution in [0.1, 0.15) is 18.2 Å². The molecule has 0 aliphatic heterocycles. The van der Waals surface area contributed by atoms with E-state index in [-0.39, 0.29) is 5.75 Å². The van der Waals surface area contributed by atoms with E-state index >= 15 is 0 Å². The minimum Gasteiger partial charge on any atom is -0.434 e. The number of nitrogens with two attached hydrogens (primary N) is 1. The molecule has 5 heteroatoms. The second kappa shape index (κ2) is 4.68. The third-order valence-electron chi connectivity index (χ3n) is 2.73. The van der Waals surface area contributed by atoms with Crippen LogP contribution in [-0.4, -0.2) is 9.78 Å². The molecule has 0 aliphatic rings.